The smallest absolute Gasteiger partial charge is 0.320 e. The van der Waals surface area contributed by atoms with E-state index >= 15 is 0 Å². The van der Waals surface area contributed by atoms with Crippen LogP contribution in [0.5, 0.6) is 0 Å². The summed E-state index contributed by atoms with van der Waals surface area (Å²) in [4.78, 5) is 29.0. The molecule has 0 aromatic heterocycles. The second-order valence-corrected chi connectivity index (χ2v) is 9.71. The average molecular weight is 429 g/mol. The maximum atomic E-state index is 13.4. The molecule has 0 radical (unpaired) electrons. The van der Waals surface area contributed by atoms with Crippen LogP contribution in [0.1, 0.15) is 56.9 Å². The molecule has 7 heteroatoms. The first-order chi connectivity index (χ1) is 14.9. The molecule has 1 aliphatic heterocycles. The van der Waals surface area contributed by atoms with Crippen LogP contribution in [0.3, 0.4) is 0 Å². The lowest BCUT2D eigenvalue weighted by atomic mass is 9.68. The average Bonchev–Trinajstić information content (AvgIpc) is 3.03. The summed E-state index contributed by atoms with van der Waals surface area (Å²) in [6.45, 7) is 1.46. The molecule has 1 heterocycles. The van der Waals surface area contributed by atoms with Gasteiger partial charge >= 0.3 is 6.03 Å². The molecule has 3 amide bonds. The predicted molar refractivity (Wildman–Crippen MR) is 120 cm³/mol. The Balaban J connectivity index is 1.55. The highest BCUT2D eigenvalue weighted by atomic mass is 16.3. The molecule has 1 aromatic rings. The van der Waals surface area contributed by atoms with Gasteiger partial charge in [-0.15, -0.1) is 0 Å². The Morgan fingerprint density at radius 1 is 1.06 bits per heavy atom. The van der Waals surface area contributed by atoms with Crippen LogP contribution < -0.4 is 10.6 Å². The van der Waals surface area contributed by atoms with Gasteiger partial charge in [-0.2, -0.15) is 0 Å². The number of carbonyl (C=O) groups is 2. The Hall–Kier alpha value is -2.12. The molecule has 0 atom stereocenters. The maximum Gasteiger partial charge on any atom is 0.320 e. The fourth-order valence-corrected chi connectivity index (χ4v) is 5.70. The number of amides is 3. The Kier molecular flexibility index (Phi) is 6.01. The van der Waals surface area contributed by atoms with Gasteiger partial charge in [-0.05, 0) is 57.6 Å². The quantitative estimate of drug-likeness (QED) is 0.622. The van der Waals surface area contributed by atoms with Gasteiger partial charge in [0, 0.05) is 32.1 Å². The lowest BCUT2D eigenvalue weighted by Gasteiger charge is -2.50. The van der Waals surface area contributed by atoms with Gasteiger partial charge < -0.3 is 25.5 Å². The van der Waals surface area contributed by atoms with E-state index in [-0.39, 0.29) is 23.0 Å². The molecule has 1 saturated heterocycles. The number of benzene rings is 1. The second kappa shape index (κ2) is 8.43. The molecule has 0 bridgehead atoms. The van der Waals surface area contributed by atoms with E-state index in [1.54, 1.807) is 7.05 Å². The summed E-state index contributed by atoms with van der Waals surface area (Å²) in [5, 5.41) is 17.1. The molecular formula is C24H36N4O3. The van der Waals surface area contributed by atoms with Gasteiger partial charge in [-0.25, -0.2) is 4.79 Å². The van der Waals surface area contributed by atoms with Crippen LogP contribution in [0.2, 0.25) is 0 Å². The van der Waals surface area contributed by atoms with Gasteiger partial charge in [0.1, 0.15) is 0 Å². The molecule has 2 saturated carbocycles. The zero-order chi connectivity index (χ0) is 22.1. The fraction of sp³-hybridized carbons (Fsp3) is 0.667. The van der Waals surface area contributed by atoms with E-state index in [9.17, 15) is 14.7 Å². The number of carbonyl (C=O) groups excluding carboxylic acids is 2. The van der Waals surface area contributed by atoms with Gasteiger partial charge in [0.25, 0.3) is 0 Å². The Bertz CT molecular complexity index is 800. The van der Waals surface area contributed by atoms with Gasteiger partial charge in [-0.1, -0.05) is 30.3 Å². The van der Waals surface area contributed by atoms with E-state index in [2.05, 4.69) is 34.9 Å². The molecule has 2 aliphatic carbocycles. The van der Waals surface area contributed by atoms with E-state index in [1.165, 1.54) is 5.56 Å². The molecule has 7 nitrogen and oxygen atoms in total. The SMILES string of the molecule is CNC(=O)CCN1C[C@]2(CC[C@](NC)(c3ccccc3)CC2)N(CC2(O)CCC2)C1=O. The first kappa shape index (κ1) is 22.1. The van der Waals surface area contributed by atoms with Gasteiger partial charge in [0.15, 0.2) is 0 Å². The molecule has 0 unspecified atom stereocenters. The van der Waals surface area contributed by atoms with Crippen molar-refractivity contribution in [3.05, 3.63) is 35.9 Å². The van der Waals surface area contributed by atoms with E-state index in [4.69, 9.17) is 0 Å². The first-order valence-corrected chi connectivity index (χ1v) is 11.6. The van der Waals surface area contributed by atoms with Crippen molar-refractivity contribution < 1.29 is 14.7 Å². The molecule has 1 spiro atoms. The minimum atomic E-state index is -0.754. The monoisotopic (exact) mass is 428 g/mol. The summed E-state index contributed by atoms with van der Waals surface area (Å²) in [5.41, 5.74) is 0.165. The number of urea groups is 1. The van der Waals surface area contributed by atoms with Gasteiger partial charge in [-0.3, -0.25) is 4.79 Å². The normalized spacial score (nSPS) is 29.8. The molecular weight excluding hydrogens is 392 g/mol. The molecule has 170 valence electrons. The summed E-state index contributed by atoms with van der Waals surface area (Å²) in [6.07, 6.45) is 6.45. The molecule has 3 fully saturated rings. The number of β-amino-alcohol motifs (C(OH)–C–C–N with tert-alkyl or cyclic N) is 1. The zero-order valence-electron chi connectivity index (χ0n) is 18.8. The van der Waals surface area contributed by atoms with Crippen LogP contribution in [0.4, 0.5) is 4.79 Å². The molecule has 4 rings (SSSR count). The fourth-order valence-electron chi connectivity index (χ4n) is 5.70. The standard InChI is InChI=1S/C24H36N4O3/c1-25-20(29)9-16-27-17-22(28(21(27)30)18-23(31)10-6-11-23)12-14-24(26-2,15-13-22)19-7-4-3-5-8-19/h3-5,7-8,26,31H,6,9-18H2,1-2H3,(H,25,29)/t22-,24-. The van der Waals surface area contributed by atoms with Gasteiger partial charge in [0.2, 0.25) is 5.91 Å². The van der Waals surface area contributed by atoms with E-state index in [0.717, 1.165) is 44.9 Å². The minimum absolute atomic E-state index is 0.0269. The van der Waals surface area contributed by atoms with Crippen molar-refractivity contribution in [3.8, 4) is 0 Å². The summed E-state index contributed by atoms with van der Waals surface area (Å²) < 4.78 is 0. The van der Waals surface area contributed by atoms with Crippen LogP contribution in [0.15, 0.2) is 30.3 Å². The van der Waals surface area contributed by atoms with Crippen molar-refractivity contribution in [1.29, 1.82) is 0 Å². The molecule has 3 aliphatic rings. The number of rotatable bonds is 7. The lowest BCUT2D eigenvalue weighted by molar-refractivity contribution is -0.120. The van der Waals surface area contributed by atoms with Gasteiger partial charge in [0.05, 0.1) is 17.7 Å². The van der Waals surface area contributed by atoms with Crippen molar-refractivity contribution in [2.75, 3.05) is 33.7 Å². The van der Waals surface area contributed by atoms with Crippen molar-refractivity contribution in [2.45, 2.75) is 68.0 Å². The van der Waals surface area contributed by atoms with Crippen LogP contribution >= 0.6 is 0 Å². The zero-order valence-corrected chi connectivity index (χ0v) is 18.8. The minimum Gasteiger partial charge on any atom is -0.388 e. The number of aliphatic hydroxyl groups is 1. The third kappa shape index (κ3) is 4.05. The van der Waals surface area contributed by atoms with Crippen molar-refractivity contribution in [1.82, 2.24) is 20.4 Å². The first-order valence-electron chi connectivity index (χ1n) is 11.6. The van der Waals surface area contributed by atoms with E-state index in [1.807, 2.05) is 22.9 Å². The van der Waals surface area contributed by atoms with E-state index < -0.39 is 5.60 Å². The largest absolute Gasteiger partial charge is 0.388 e. The number of nitrogens with zero attached hydrogens (tertiary/aromatic N) is 2. The maximum absolute atomic E-state index is 13.4. The van der Waals surface area contributed by atoms with E-state index in [0.29, 0.717) is 26.1 Å². The van der Waals surface area contributed by atoms with Crippen molar-refractivity contribution in [2.24, 2.45) is 0 Å². The molecule has 31 heavy (non-hydrogen) atoms. The van der Waals surface area contributed by atoms with Crippen molar-refractivity contribution in [3.63, 3.8) is 0 Å². The molecule has 3 N–H and O–H groups in total. The van der Waals surface area contributed by atoms with Crippen LogP contribution in [0.25, 0.3) is 0 Å². The molecule has 1 aromatic carbocycles. The highest BCUT2D eigenvalue weighted by Crippen LogP contribution is 2.48. The Labute approximate surface area is 185 Å². The second-order valence-electron chi connectivity index (χ2n) is 9.71. The van der Waals surface area contributed by atoms with Crippen LogP contribution in [-0.2, 0) is 10.3 Å². The Morgan fingerprint density at radius 3 is 2.29 bits per heavy atom. The number of nitrogens with one attached hydrogen (secondary N) is 2. The highest BCUT2D eigenvalue weighted by molar-refractivity contribution is 5.80. The Morgan fingerprint density at radius 2 is 1.74 bits per heavy atom. The third-order valence-corrected chi connectivity index (χ3v) is 8.02. The summed E-state index contributed by atoms with van der Waals surface area (Å²) in [6, 6.07) is 10.5. The summed E-state index contributed by atoms with van der Waals surface area (Å²) in [7, 11) is 3.64. The number of hydrogen-bond acceptors (Lipinski definition) is 4. The number of hydrogen-bond donors (Lipinski definition) is 3. The topological polar surface area (TPSA) is 84.9 Å². The van der Waals surface area contributed by atoms with Crippen LogP contribution in [0, 0.1) is 0 Å². The predicted octanol–water partition coefficient (Wildman–Crippen LogP) is 2.20. The lowest BCUT2D eigenvalue weighted by Crippen LogP contribution is -2.59. The highest BCUT2D eigenvalue weighted by Gasteiger charge is 2.55. The van der Waals surface area contributed by atoms with Crippen LogP contribution in [-0.4, -0.2) is 71.7 Å². The summed E-state index contributed by atoms with van der Waals surface area (Å²) in [5.74, 6) is -0.0557. The van der Waals surface area contributed by atoms with Crippen molar-refractivity contribution >= 4 is 11.9 Å². The third-order valence-electron chi connectivity index (χ3n) is 8.02. The summed E-state index contributed by atoms with van der Waals surface area (Å²) >= 11 is 0.